The van der Waals surface area contributed by atoms with Gasteiger partial charge in [0.05, 0.1) is 36.6 Å². The molecule has 0 saturated heterocycles. The highest BCUT2D eigenvalue weighted by molar-refractivity contribution is 6.14. The van der Waals surface area contributed by atoms with Gasteiger partial charge < -0.3 is 20.1 Å². The Labute approximate surface area is 104 Å². The molecule has 18 heavy (non-hydrogen) atoms. The number of aryl methyl sites for hydroxylation is 1. The van der Waals surface area contributed by atoms with E-state index in [1.54, 1.807) is 4.57 Å². The van der Waals surface area contributed by atoms with E-state index in [4.69, 9.17) is 10.5 Å². The van der Waals surface area contributed by atoms with Crippen LogP contribution in [0.15, 0.2) is 23.2 Å². The standard InChI is InChI=1S/C13H15N3O2/c1-16-11-3-2-8(14)6-9(11)12(13(16)17)10-7-18-5-4-15-10/h2-3,6,17H,4-5,7,14H2,1H3. The number of benzene rings is 1. The van der Waals surface area contributed by atoms with E-state index in [1.165, 1.54) is 0 Å². The van der Waals surface area contributed by atoms with E-state index < -0.39 is 0 Å². The number of aliphatic imine (C=N–C) groups is 1. The molecule has 0 bridgehead atoms. The summed E-state index contributed by atoms with van der Waals surface area (Å²) in [4.78, 5) is 4.43. The van der Waals surface area contributed by atoms with Gasteiger partial charge in [0.15, 0.2) is 0 Å². The third-order valence-corrected chi connectivity index (χ3v) is 3.26. The second-order valence-electron chi connectivity index (χ2n) is 4.42. The van der Waals surface area contributed by atoms with E-state index in [-0.39, 0.29) is 5.88 Å². The van der Waals surface area contributed by atoms with Crippen molar-refractivity contribution in [1.82, 2.24) is 4.57 Å². The van der Waals surface area contributed by atoms with Crippen molar-refractivity contribution in [1.29, 1.82) is 0 Å². The smallest absolute Gasteiger partial charge is 0.201 e. The van der Waals surface area contributed by atoms with E-state index in [0.29, 0.717) is 25.4 Å². The number of rotatable bonds is 1. The quantitative estimate of drug-likeness (QED) is 0.743. The highest BCUT2D eigenvalue weighted by Crippen LogP contribution is 2.32. The average molecular weight is 245 g/mol. The number of nitrogens with two attached hydrogens (primary N) is 1. The maximum absolute atomic E-state index is 10.3. The fourth-order valence-corrected chi connectivity index (χ4v) is 2.34. The molecule has 0 atom stereocenters. The molecule has 1 aromatic heterocycles. The van der Waals surface area contributed by atoms with Crippen LogP contribution < -0.4 is 5.73 Å². The van der Waals surface area contributed by atoms with Crippen molar-refractivity contribution in [3.63, 3.8) is 0 Å². The third-order valence-electron chi connectivity index (χ3n) is 3.26. The second kappa shape index (κ2) is 4.03. The zero-order valence-electron chi connectivity index (χ0n) is 10.2. The van der Waals surface area contributed by atoms with Crippen molar-refractivity contribution < 1.29 is 9.84 Å². The topological polar surface area (TPSA) is 72.8 Å². The van der Waals surface area contributed by atoms with Gasteiger partial charge in [0, 0.05) is 18.1 Å². The number of hydrogen-bond donors (Lipinski definition) is 2. The zero-order chi connectivity index (χ0) is 12.7. The summed E-state index contributed by atoms with van der Waals surface area (Å²) in [7, 11) is 1.82. The first kappa shape index (κ1) is 11.1. The highest BCUT2D eigenvalue weighted by Gasteiger charge is 2.20. The second-order valence-corrected chi connectivity index (χ2v) is 4.42. The minimum Gasteiger partial charge on any atom is -0.494 e. The molecule has 1 aliphatic heterocycles. The Kier molecular flexibility index (Phi) is 2.48. The number of ether oxygens (including phenoxy) is 1. The molecule has 2 aromatic rings. The summed E-state index contributed by atoms with van der Waals surface area (Å²) < 4.78 is 7.13. The number of nitrogens with zero attached hydrogens (tertiary/aromatic N) is 2. The Bertz CT molecular complexity index is 643. The molecule has 0 spiro atoms. The van der Waals surface area contributed by atoms with Gasteiger partial charge in [-0.15, -0.1) is 0 Å². The first-order valence-corrected chi connectivity index (χ1v) is 5.87. The molecule has 5 nitrogen and oxygen atoms in total. The lowest BCUT2D eigenvalue weighted by Crippen LogP contribution is -2.18. The van der Waals surface area contributed by atoms with Crippen molar-refractivity contribution in [2.24, 2.45) is 12.0 Å². The lowest BCUT2D eigenvalue weighted by atomic mass is 10.1. The van der Waals surface area contributed by atoms with Crippen LogP contribution in [0.5, 0.6) is 5.88 Å². The van der Waals surface area contributed by atoms with Crippen LogP contribution >= 0.6 is 0 Å². The molecule has 5 heteroatoms. The van der Waals surface area contributed by atoms with Gasteiger partial charge >= 0.3 is 0 Å². The van der Waals surface area contributed by atoms with Crippen molar-refractivity contribution in [3.05, 3.63) is 23.8 Å². The third kappa shape index (κ3) is 1.55. The number of fused-ring (bicyclic) bond motifs is 1. The fraction of sp³-hybridized carbons (Fsp3) is 0.308. The normalized spacial score (nSPS) is 15.9. The summed E-state index contributed by atoms with van der Waals surface area (Å²) >= 11 is 0. The Morgan fingerprint density at radius 1 is 1.44 bits per heavy atom. The molecule has 0 unspecified atom stereocenters. The largest absolute Gasteiger partial charge is 0.494 e. The zero-order valence-corrected chi connectivity index (χ0v) is 10.2. The number of hydrogen-bond acceptors (Lipinski definition) is 4. The fourth-order valence-electron chi connectivity index (χ4n) is 2.34. The van der Waals surface area contributed by atoms with Crippen molar-refractivity contribution >= 4 is 22.3 Å². The van der Waals surface area contributed by atoms with Gasteiger partial charge in [0.1, 0.15) is 0 Å². The van der Waals surface area contributed by atoms with E-state index in [9.17, 15) is 5.11 Å². The Balaban J connectivity index is 2.30. The molecule has 3 rings (SSSR count). The van der Waals surface area contributed by atoms with Crippen LogP contribution in [0.2, 0.25) is 0 Å². The first-order chi connectivity index (χ1) is 8.68. The Morgan fingerprint density at radius 2 is 2.28 bits per heavy atom. The van der Waals surface area contributed by atoms with Crippen LogP contribution in [0.3, 0.4) is 0 Å². The van der Waals surface area contributed by atoms with E-state index in [1.807, 2.05) is 25.2 Å². The highest BCUT2D eigenvalue weighted by atomic mass is 16.5. The monoisotopic (exact) mass is 245 g/mol. The van der Waals surface area contributed by atoms with Crippen LogP contribution in [0.4, 0.5) is 5.69 Å². The maximum Gasteiger partial charge on any atom is 0.201 e. The molecule has 2 heterocycles. The van der Waals surface area contributed by atoms with Gasteiger partial charge in [-0.2, -0.15) is 0 Å². The Morgan fingerprint density at radius 3 is 3.00 bits per heavy atom. The average Bonchev–Trinajstić information content (AvgIpc) is 2.63. The molecule has 0 saturated carbocycles. The first-order valence-electron chi connectivity index (χ1n) is 5.87. The molecular formula is C13H15N3O2. The number of nitrogen functional groups attached to an aromatic ring is 1. The van der Waals surface area contributed by atoms with Gasteiger partial charge in [-0.3, -0.25) is 4.99 Å². The van der Waals surface area contributed by atoms with Gasteiger partial charge in [-0.25, -0.2) is 0 Å². The van der Waals surface area contributed by atoms with Crippen LogP contribution in [-0.4, -0.2) is 35.1 Å². The van der Waals surface area contributed by atoms with Crippen LogP contribution in [0.25, 0.3) is 10.9 Å². The summed E-state index contributed by atoms with van der Waals surface area (Å²) in [6, 6.07) is 5.59. The van der Waals surface area contributed by atoms with Crippen molar-refractivity contribution in [2.45, 2.75) is 0 Å². The molecule has 1 aliphatic rings. The van der Waals surface area contributed by atoms with Crippen LogP contribution in [0, 0.1) is 0 Å². The molecule has 0 amide bonds. The molecule has 94 valence electrons. The number of aromatic hydroxyl groups is 1. The SMILES string of the molecule is Cn1c(O)c(C2=NCCOC2)c2cc(N)ccc21. The van der Waals surface area contributed by atoms with Crippen molar-refractivity contribution in [2.75, 3.05) is 25.5 Å². The number of aromatic nitrogens is 1. The van der Waals surface area contributed by atoms with Gasteiger partial charge in [-0.1, -0.05) is 0 Å². The predicted octanol–water partition coefficient (Wildman–Crippen LogP) is 1.29. The summed E-state index contributed by atoms with van der Waals surface area (Å²) in [5.74, 6) is 0.208. The lowest BCUT2D eigenvalue weighted by Gasteiger charge is -2.12. The summed E-state index contributed by atoms with van der Waals surface area (Å²) in [6.07, 6.45) is 0. The van der Waals surface area contributed by atoms with Crippen LogP contribution in [-0.2, 0) is 11.8 Å². The predicted molar refractivity (Wildman–Crippen MR) is 71.2 cm³/mol. The lowest BCUT2D eigenvalue weighted by molar-refractivity contribution is 0.171. The molecule has 1 aromatic carbocycles. The molecule has 0 fully saturated rings. The summed E-state index contributed by atoms with van der Waals surface area (Å²) in [5.41, 5.74) is 8.95. The molecular weight excluding hydrogens is 230 g/mol. The maximum atomic E-state index is 10.3. The minimum atomic E-state index is 0.208. The molecule has 0 aliphatic carbocycles. The molecule has 3 N–H and O–H groups in total. The summed E-state index contributed by atoms with van der Waals surface area (Å²) in [6.45, 7) is 1.70. The van der Waals surface area contributed by atoms with Crippen LogP contribution in [0.1, 0.15) is 5.56 Å². The molecule has 0 radical (unpaired) electrons. The van der Waals surface area contributed by atoms with E-state index in [0.717, 1.165) is 22.2 Å². The van der Waals surface area contributed by atoms with E-state index >= 15 is 0 Å². The minimum absolute atomic E-state index is 0.208. The van der Waals surface area contributed by atoms with Gasteiger partial charge in [0.25, 0.3) is 0 Å². The Hall–Kier alpha value is -2.01. The summed E-state index contributed by atoms with van der Waals surface area (Å²) in [5, 5.41) is 11.2. The van der Waals surface area contributed by atoms with Gasteiger partial charge in [-0.05, 0) is 18.2 Å². The van der Waals surface area contributed by atoms with Gasteiger partial charge in [0.2, 0.25) is 5.88 Å². The van der Waals surface area contributed by atoms with Crippen molar-refractivity contribution in [3.8, 4) is 5.88 Å². The van der Waals surface area contributed by atoms with E-state index in [2.05, 4.69) is 4.99 Å². The number of anilines is 1.